The molecule has 16 heavy (non-hydrogen) atoms. The summed E-state index contributed by atoms with van der Waals surface area (Å²) in [5.74, 6) is -0.774. The standard InChI is InChI=1S/C11H10O2.C2H7N/c12-10(13)11-7-3-1-5-9(11)6-2-4-8-11;1-3-2/h1-7H,8H2,(H,12,13);3H,1-2H3. The van der Waals surface area contributed by atoms with Crippen molar-refractivity contribution >= 4 is 5.97 Å². The van der Waals surface area contributed by atoms with Crippen LogP contribution in [-0.4, -0.2) is 25.2 Å². The first-order valence-corrected chi connectivity index (χ1v) is 5.22. The number of carboxylic acids is 1. The van der Waals surface area contributed by atoms with Crippen molar-refractivity contribution in [3.05, 3.63) is 48.1 Å². The largest absolute Gasteiger partial charge is 0.480 e. The predicted molar refractivity (Wildman–Crippen MR) is 65.2 cm³/mol. The van der Waals surface area contributed by atoms with Gasteiger partial charge in [-0.25, -0.2) is 0 Å². The highest BCUT2D eigenvalue weighted by atomic mass is 16.4. The summed E-state index contributed by atoms with van der Waals surface area (Å²) >= 11 is 0. The Balaban J connectivity index is 0.000000386. The van der Waals surface area contributed by atoms with Gasteiger partial charge in [0.2, 0.25) is 0 Å². The Kier molecular flexibility index (Phi) is 4.26. The van der Waals surface area contributed by atoms with Crippen LogP contribution in [0.5, 0.6) is 0 Å². The van der Waals surface area contributed by atoms with E-state index in [2.05, 4.69) is 5.32 Å². The fraction of sp³-hybridized carbons (Fsp3) is 0.308. The zero-order chi connectivity index (χ0) is 12.0. The van der Waals surface area contributed by atoms with Gasteiger partial charge in [0.05, 0.1) is 0 Å². The van der Waals surface area contributed by atoms with E-state index >= 15 is 0 Å². The van der Waals surface area contributed by atoms with Gasteiger partial charge in [0, 0.05) is 0 Å². The van der Waals surface area contributed by atoms with E-state index in [4.69, 9.17) is 5.11 Å². The SMILES string of the molecule is CNC.O=C(O)C12C=CC=CC1=CC=CC2. The molecule has 0 aromatic heterocycles. The molecule has 0 fully saturated rings. The molecule has 0 bridgehead atoms. The van der Waals surface area contributed by atoms with Crippen LogP contribution in [0, 0.1) is 5.41 Å². The number of carbonyl (C=O) groups is 1. The van der Waals surface area contributed by atoms with Gasteiger partial charge < -0.3 is 10.4 Å². The molecule has 0 aromatic carbocycles. The van der Waals surface area contributed by atoms with Gasteiger partial charge in [0.1, 0.15) is 5.41 Å². The van der Waals surface area contributed by atoms with Crippen molar-refractivity contribution in [2.75, 3.05) is 14.1 Å². The third-order valence-electron chi connectivity index (χ3n) is 2.52. The number of fused-ring (bicyclic) bond motifs is 1. The van der Waals surface area contributed by atoms with Gasteiger partial charge in [0.25, 0.3) is 0 Å². The minimum Gasteiger partial charge on any atom is -0.480 e. The Bertz CT molecular complexity index is 377. The summed E-state index contributed by atoms with van der Waals surface area (Å²) in [5, 5.41) is 11.9. The summed E-state index contributed by atoms with van der Waals surface area (Å²) in [6.07, 6.45) is 13.5. The molecule has 2 rings (SSSR count). The molecule has 0 saturated heterocycles. The lowest BCUT2D eigenvalue weighted by molar-refractivity contribution is -0.143. The second-order valence-electron chi connectivity index (χ2n) is 3.75. The first-order valence-electron chi connectivity index (χ1n) is 5.22. The van der Waals surface area contributed by atoms with Crippen molar-refractivity contribution in [2.24, 2.45) is 5.41 Å². The quantitative estimate of drug-likeness (QED) is 0.708. The van der Waals surface area contributed by atoms with Crippen LogP contribution in [0.1, 0.15) is 6.42 Å². The maximum Gasteiger partial charge on any atom is 0.318 e. The molecule has 0 radical (unpaired) electrons. The van der Waals surface area contributed by atoms with Gasteiger partial charge in [-0.1, -0.05) is 42.5 Å². The number of allylic oxidation sites excluding steroid dienone is 6. The van der Waals surface area contributed by atoms with Crippen LogP contribution in [0.3, 0.4) is 0 Å². The lowest BCUT2D eigenvalue weighted by atomic mass is 9.72. The van der Waals surface area contributed by atoms with Gasteiger partial charge in [-0.2, -0.15) is 0 Å². The molecule has 1 unspecified atom stereocenters. The average Bonchev–Trinajstić information content (AvgIpc) is 2.30. The van der Waals surface area contributed by atoms with E-state index in [1.807, 2.05) is 44.5 Å². The molecule has 3 heteroatoms. The number of hydrogen-bond donors (Lipinski definition) is 2. The van der Waals surface area contributed by atoms with E-state index in [-0.39, 0.29) is 0 Å². The number of carboxylic acid groups (broad SMARTS) is 1. The van der Waals surface area contributed by atoms with Gasteiger partial charge in [-0.3, -0.25) is 4.79 Å². The third-order valence-corrected chi connectivity index (χ3v) is 2.52. The van der Waals surface area contributed by atoms with Gasteiger partial charge in [-0.05, 0) is 26.1 Å². The van der Waals surface area contributed by atoms with Crippen LogP contribution in [0.25, 0.3) is 0 Å². The maximum atomic E-state index is 11.2. The Labute approximate surface area is 95.9 Å². The lowest BCUT2D eigenvalue weighted by Crippen LogP contribution is -2.32. The van der Waals surface area contributed by atoms with E-state index in [1.165, 1.54) is 0 Å². The first-order chi connectivity index (χ1) is 7.67. The van der Waals surface area contributed by atoms with E-state index in [9.17, 15) is 4.79 Å². The van der Waals surface area contributed by atoms with Crippen LogP contribution >= 0.6 is 0 Å². The summed E-state index contributed by atoms with van der Waals surface area (Å²) in [5.41, 5.74) is 0.0637. The molecule has 0 aliphatic heterocycles. The number of rotatable bonds is 1. The summed E-state index contributed by atoms with van der Waals surface area (Å²) in [4.78, 5) is 11.2. The van der Waals surface area contributed by atoms with Crippen LogP contribution in [0.2, 0.25) is 0 Å². The molecule has 2 N–H and O–H groups in total. The van der Waals surface area contributed by atoms with E-state index in [0.717, 1.165) is 5.57 Å². The van der Waals surface area contributed by atoms with Crippen LogP contribution in [0.15, 0.2) is 48.1 Å². The minimum absolute atomic E-state index is 0.551. The van der Waals surface area contributed by atoms with Crippen molar-refractivity contribution in [2.45, 2.75) is 6.42 Å². The zero-order valence-corrected chi connectivity index (χ0v) is 9.60. The third kappa shape index (κ3) is 2.31. The summed E-state index contributed by atoms with van der Waals surface area (Å²) in [7, 11) is 3.75. The highest BCUT2D eigenvalue weighted by Crippen LogP contribution is 2.39. The topological polar surface area (TPSA) is 49.3 Å². The molecule has 86 valence electrons. The second-order valence-corrected chi connectivity index (χ2v) is 3.75. The van der Waals surface area contributed by atoms with Crippen molar-refractivity contribution in [3.8, 4) is 0 Å². The van der Waals surface area contributed by atoms with Crippen molar-refractivity contribution in [1.29, 1.82) is 0 Å². The molecule has 0 aromatic rings. The first kappa shape index (κ1) is 12.5. The number of hydrogen-bond acceptors (Lipinski definition) is 2. The Morgan fingerprint density at radius 2 is 2.06 bits per heavy atom. The van der Waals surface area contributed by atoms with Crippen LogP contribution in [-0.2, 0) is 4.79 Å². The monoisotopic (exact) mass is 219 g/mol. The Morgan fingerprint density at radius 3 is 2.62 bits per heavy atom. The lowest BCUT2D eigenvalue weighted by Gasteiger charge is -2.29. The van der Waals surface area contributed by atoms with Gasteiger partial charge >= 0.3 is 5.97 Å². The normalized spacial score (nSPS) is 25.2. The summed E-state index contributed by atoms with van der Waals surface area (Å²) < 4.78 is 0. The fourth-order valence-electron chi connectivity index (χ4n) is 1.72. The summed E-state index contributed by atoms with van der Waals surface area (Å²) in [6.45, 7) is 0. The molecule has 2 aliphatic rings. The predicted octanol–water partition coefficient (Wildman–Crippen LogP) is 1.91. The molecule has 1 atom stereocenters. The highest BCUT2D eigenvalue weighted by Gasteiger charge is 2.39. The molecular weight excluding hydrogens is 202 g/mol. The van der Waals surface area contributed by atoms with Crippen molar-refractivity contribution < 1.29 is 9.90 Å². The zero-order valence-electron chi connectivity index (χ0n) is 9.60. The smallest absolute Gasteiger partial charge is 0.318 e. The van der Waals surface area contributed by atoms with Crippen LogP contribution < -0.4 is 5.32 Å². The Morgan fingerprint density at radius 1 is 1.38 bits per heavy atom. The molecule has 3 nitrogen and oxygen atoms in total. The number of nitrogens with one attached hydrogen (secondary N) is 1. The average molecular weight is 219 g/mol. The van der Waals surface area contributed by atoms with Crippen molar-refractivity contribution in [1.82, 2.24) is 5.32 Å². The molecule has 0 heterocycles. The highest BCUT2D eigenvalue weighted by molar-refractivity contribution is 5.84. The minimum atomic E-state index is -0.802. The van der Waals surface area contributed by atoms with E-state index in [1.54, 1.807) is 12.2 Å². The van der Waals surface area contributed by atoms with E-state index < -0.39 is 11.4 Å². The molecule has 0 saturated carbocycles. The molecule has 2 aliphatic carbocycles. The van der Waals surface area contributed by atoms with Gasteiger partial charge in [-0.15, -0.1) is 0 Å². The Hall–Kier alpha value is -1.61. The fourth-order valence-corrected chi connectivity index (χ4v) is 1.72. The molecule has 0 spiro atoms. The summed E-state index contributed by atoms with van der Waals surface area (Å²) in [6, 6.07) is 0. The van der Waals surface area contributed by atoms with Crippen molar-refractivity contribution in [3.63, 3.8) is 0 Å². The number of aliphatic carboxylic acids is 1. The molecule has 0 amide bonds. The molecular formula is C13H17NO2. The maximum absolute atomic E-state index is 11.2. The van der Waals surface area contributed by atoms with Crippen LogP contribution in [0.4, 0.5) is 0 Å². The van der Waals surface area contributed by atoms with E-state index in [0.29, 0.717) is 6.42 Å². The second kappa shape index (κ2) is 5.47. The van der Waals surface area contributed by atoms with Gasteiger partial charge in [0.15, 0.2) is 0 Å².